The number of hydrogen-bond donors (Lipinski definition) is 0. The largest absolute Gasteiger partial charge is 0.275 e. The van der Waals surface area contributed by atoms with Gasteiger partial charge in [-0.2, -0.15) is 0 Å². The highest BCUT2D eigenvalue weighted by atomic mass is 16.2. The van der Waals surface area contributed by atoms with E-state index in [9.17, 15) is 9.59 Å². The highest BCUT2D eigenvalue weighted by Gasteiger charge is 2.50. The molecule has 0 N–H and O–H groups in total. The van der Waals surface area contributed by atoms with Crippen LogP contribution >= 0.6 is 0 Å². The molecule has 3 rings (SSSR count). The Labute approximate surface area is 165 Å². The van der Waals surface area contributed by atoms with Gasteiger partial charge in [-0.3, -0.25) is 14.5 Å². The summed E-state index contributed by atoms with van der Waals surface area (Å²) in [5, 5.41) is 0. The van der Waals surface area contributed by atoms with Gasteiger partial charge in [0.2, 0.25) is 0 Å². The van der Waals surface area contributed by atoms with E-state index in [4.69, 9.17) is 0 Å². The van der Waals surface area contributed by atoms with Gasteiger partial charge in [-0.1, -0.05) is 38.8 Å². The molecule has 0 saturated heterocycles. The first kappa shape index (κ1) is 20.4. The maximum Gasteiger partial charge on any atom is 0.253 e. The Bertz CT molecular complexity index is 565. The number of rotatable bonds is 11. The Morgan fingerprint density at radius 2 is 1.85 bits per heavy atom. The maximum absolute atomic E-state index is 11.5. The highest BCUT2D eigenvalue weighted by Crippen LogP contribution is 2.60. The van der Waals surface area contributed by atoms with E-state index >= 15 is 0 Å². The van der Waals surface area contributed by atoms with Gasteiger partial charge >= 0.3 is 0 Å². The third-order valence-electron chi connectivity index (χ3n) is 7.47. The van der Waals surface area contributed by atoms with Crippen molar-refractivity contribution in [2.45, 2.75) is 84.5 Å². The minimum atomic E-state index is -0.158. The van der Waals surface area contributed by atoms with Gasteiger partial charge in [0.25, 0.3) is 11.8 Å². The SMILES string of the molecule is CCCC(C)C(CC=CCCCCN1C(=O)C=CC1=O)C12CCC(CC1)C2. The molecule has 0 spiro atoms. The van der Waals surface area contributed by atoms with Gasteiger partial charge in [-0.05, 0) is 81.0 Å². The summed E-state index contributed by atoms with van der Waals surface area (Å²) < 4.78 is 0. The van der Waals surface area contributed by atoms with Crippen molar-refractivity contribution in [3.63, 3.8) is 0 Å². The summed E-state index contributed by atoms with van der Waals surface area (Å²) in [5.41, 5.74) is 0.646. The van der Waals surface area contributed by atoms with Gasteiger partial charge in [-0.15, -0.1) is 0 Å². The van der Waals surface area contributed by atoms with Crippen molar-refractivity contribution in [1.29, 1.82) is 0 Å². The van der Waals surface area contributed by atoms with Gasteiger partial charge in [0, 0.05) is 18.7 Å². The van der Waals surface area contributed by atoms with Crippen LogP contribution in [0.15, 0.2) is 24.3 Å². The van der Waals surface area contributed by atoms with E-state index in [1.807, 2.05) is 0 Å². The minimum Gasteiger partial charge on any atom is -0.275 e. The second-order valence-electron chi connectivity index (χ2n) is 9.25. The van der Waals surface area contributed by atoms with E-state index in [1.54, 1.807) is 0 Å². The molecule has 2 unspecified atom stereocenters. The van der Waals surface area contributed by atoms with E-state index in [-0.39, 0.29) is 11.8 Å². The highest BCUT2D eigenvalue weighted by molar-refractivity contribution is 6.12. The normalized spacial score (nSPS) is 29.4. The Morgan fingerprint density at radius 1 is 1.15 bits per heavy atom. The van der Waals surface area contributed by atoms with Crippen LogP contribution in [0, 0.1) is 23.2 Å². The third kappa shape index (κ3) is 4.73. The van der Waals surface area contributed by atoms with Crippen molar-refractivity contribution < 1.29 is 9.59 Å². The molecule has 150 valence electrons. The number of allylic oxidation sites excluding steroid dienone is 2. The Morgan fingerprint density at radius 3 is 2.44 bits per heavy atom. The summed E-state index contributed by atoms with van der Waals surface area (Å²) in [5.74, 6) is 2.39. The van der Waals surface area contributed by atoms with Crippen molar-refractivity contribution >= 4 is 11.8 Å². The molecular formula is C24H37NO2. The summed E-state index contributed by atoms with van der Waals surface area (Å²) in [6.07, 6.45) is 21.8. The molecule has 2 aliphatic carbocycles. The maximum atomic E-state index is 11.5. The molecule has 2 saturated carbocycles. The fraction of sp³-hybridized carbons (Fsp3) is 0.750. The van der Waals surface area contributed by atoms with E-state index < -0.39 is 0 Å². The minimum absolute atomic E-state index is 0.158. The van der Waals surface area contributed by atoms with Crippen molar-refractivity contribution in [3.05, 3.63) is 24.3 Å². The van der Waals surface area contributed by atoms with Crippen molar-refractivity contribution in [1.82, 2.24) is 4.90 Å². The second kappa shape index (κ2) is 9.21. The molecule has 1 aliphatic heterocycles. The Hall–Kier alpha value is -1.38. The smallest absolute Gasteiger partial charge is 0.253 e. The van der Waals surface area contributed by atoms with E-state index in [0.717, 1.165) is 37.0 Å². The number of nitrogens with zero attached hydrogens (tertiary/aromatic N) is 1. The lowest BCUT2D eigenvalue weighted by Gasteiger charge is -2.39. The number of imide groups is 1. The standard InChI is InChI=1S/C24H37NO2/c1-3-9-19(2)21(24-15-13-20(18-24)14-16-24)10-7-5-4-6-8-17-25-22(26)11-12-23(25)27/h5,7,11-12,19-21H,3-4,6,8-10,13-18H2,1-2H3. The summed E-state index contributed by atoms with van der Waals surface area (Å²) in [6.45, 7) is 5.36. The fourth-order valence-corrected chi connectivity index (χ4v) is 6.04. The topological polar surface area (TPSA) is 37.4 Å². The van der Waals surface area contributed by atoms with Crippen LogP contribution in [-0.4, -0.2) is 23.3 Å². The van der Waals surface area contributed by atoms with Crippen LogP contribution in [0.4, 0.5) is 0 Å². The number of hydrogen-bond acceptors (Lipinski definition) is 2. The zero-order valence-electron chi connectivity index (χ0n) is 17.3. The monoisotopic (exact) mass is 371 g/mol. The number of fused-ring (bicyclic) bond motifs is 2. The number of unbranched alkanes of at least 4 members (excludes halogenated alkanes) is 2. The fourth-order valence-electron chi connectivity index (χ4n) is 6.04. The molecule has 0 aromatic rings. The van der Waals surface area contributed by atoms with Crippen LogP contribution in [0.2, 0.25) is 0 Å². The van der Waals surface area contributed by atoms with Gasteiger partial charge in [0.1, 0.15) is 0 Å². The lowest BCUT2D eigenvalue weighted by Crippen LogP contribution is -2.31. The third-order valence-corrected chi connectivity index (χ3v) is 7.47. The van der Waals surface area contributed by atoms with Gasteiger partial charge in [0.15, 0.2) is 0 Å². The lowest BCUT2D eigenvalue weighted by molar-refractivity contribution is -0.136. The Kier molecular flexibility index (Phi) is 6.94. The molecule has 2 amide bonds. The lowest BCUT2D eigenvalue weighted by atomic mass is 9.65. The first-order chi connectivity index (χ1) is 13.1. The zero-order valence-corrected chi connectivity index (χ0v) is 17.3. The molecule has 2 fully saturated rings. The number of carbonyl (C=O) groups is 2. The summed E-state index contributed by atoms with van der Waals surface area (Å²) >= 11 is 0. The van der Waals surface area contributed by atoms with E-state index in [1.165, 1.54) is 68.4 Å². The van der Waals surface area contributed by atoms with Crippen LogP contribution in [0.3, 0.4) is 0 Å². The molecule has 0 aromatic heterocycles. The molecule has 3 nitrogen and oxygen atoms in total. The second-order valence-corrected chi connectivity index (χ2v) is 9.25. The molecule has 2 bridgehead atoms. The molecule has 3 aliphatic rings. The van der Waals surface area contributed by atoms with E-state index in [0.29, 0.717) is 12.0 Å². The van der Waals surface area contributed by atoms with Crippen molar-refractivity contribution in [3.8, 4) is 0 Å². The van der Waals surface area contributed by atoms with Crippen molar-refractivity contribution in [2.24, 2.45) is 23.2 Å². The first-order valence-electron chi connectivity index (χ1n) is 11.2. The quantitative estimate of drug-likeness (QED) is 0.267. The molecule has 27 heavy (non-hydrogen) atoms. The predicted octanol–water partition coefficient (Wildman–Crippen LogP) is 5.66. The van der Waals surface area contributed by atoms with E-state index in [2.05, 4.69) is 26.0 Å². The number of amides is 2. The Balaban J connectivity index is 1.42. The summed E-state index contributed by atoms with van der Waals surface area (Å²) in [6, 6.07) is 0. The molecule has 1 heterocycles. The van der Waals surface area contributed by atoms with Gasteiger partial charge in [0.05, 0.1) is 0 Å². The van der Waals surface area contributed by atoms with Crippen LogP contribution in [0.5, 0.6) is 0 Å². The van der Waals surface area contributed by atoms with Crippen molar-refractivity contribution in [2.75, 3.05) is 6.54 Å². The molecule has 2 atom stereocenters. The van der Waals surface area contributed by atoms with Crippen LogP contribution in [-0.2, 0) is 9.59 Å². The van der Waals surface area contributed by atoms with Crippen LogP contribution in [0.25, 0.3) is 0 Å². The zero-order chi connectivity index (χ0) is 19.3. The molecule has 3 heteroatoms. The van der Waals surface area contributed by atoms with Gasteiger partial charge in [-0.25, -0.2) is 0 Å². The van der Waals surface area contributed by atoms with Gasteiger partial charge < -0.3 is 0 Å². The molecule has 0 radical (unpaired) electrons. The van der Waals surface area contributed by atoms with Crippen LogP contribution in [0.1, 0.15) is 84.5 Å². The summed E-state index contributed by atoms with van der Waals surface area (Å²) in [7, 11) is 0. The summed E-state index contributed by atoms with van der Waals surface area (Å²) in [4.78, 5) is 24.4. The average Bonchev–Trinajstić information content (AvgIpc) is 3.34. The molecule has 0 aromatic carbocycles. The predicted molar refractivity (Wildman–Crippen MR) is 110 cm³/mol. The van der Waals surface area contributed by atoms with Crippen LogP contribution < -0.4 is 0 Å². The molecular weight excluding hydrogens is 334 g/mol. The average molecular weight is 372 g/mol. The first-order valence-corrected chi connectivity index (χ1v) is 11.2. The number of carbonyl (C=O) groups excluding carboxylic acids is 2.